The predicted octanol–water partition coefficient (Wildman–Crippen LogP) is -1.02. The fraction of sp³-hybridized carbons (Fsp3) is 0.667. The largest absolute Gasteiger partial charge is 0.379 e. The Balaban J connectivity index is 0.000000143. The SMILES string of the molecule is C1COCCN1.C1COCCN1.O=c1cccn[nH]1. The third kappa shape index (κ3) is 10.3. The minimum Gasteiger partial charge on any atom is -0.379 e. The second kappa shape index (κ2) is 11.8. The lowest BCUT2D eigenvalue weighted by Gasteiger charge is -2.10. The lowest BCUT2D eigenvalue weighted by molar-refractivity contribution is 0.109. The number of nitrogens with one attached hydrogen (secondary N) is 3. The van der Waals surface area contributed by atoms with E-state index < -0.39 is 0 Å². The van der Waals surface area contributed by atoms with Gasteiger partial charge in [-0.2, -0.15) is 5.10 Å². The molecule has 0 saturated carbocycles. The van der Waals surface area contributed by atoms with Crippen molar-refractivity contribution in [1.29, 1.82) is 0 Å². The molecule has 0 aliphatic carbocycles. The van der Waals surface area contributed by atoms with Crippen LogP contribution in [0, 0.1) is 0 Å². The van der Waals surface area contributed by atoms with Gasteiger partial charge >= 0.3 is 0 Å². The molecule has 2 aliphatic rings. The lowest BCUT2D eigenvalue weighted by Crippen LogP contribution is -2.30. The maximum absolute atomic E-state index is 10.2. The van der Waals surface area contributed by atoms with Gasteiger partial charge in [-0.25, -0.2) is 5.10 Å². The average molecular weight is 270 g/mol. The lowest BCUT2D eigenvalue weighted by atomic mass is 10.5. The second-order valence-corrected chi connectivity index (χ2v) is 3.84. The zero-order valence-corrected chi connectivity index (χ0v) is 11.1. The first-order valence-electron chi connectivity index (χ1n) is 6.46. The molecule has 2 aliphatic heterocycles. The van der Waals surface area contributed by atoms with Crippen molar-refractivity contribution in [3.8, 4) is 0 Å². The Kier molecular flexibility index (Phi) is 9.79. The number of rotatable bonds is 0. The summed E-state index contributed by atoms with van der Waals surface area (Å²) in [5.41, 5.74) is -0.164. The quantitative estimate of drug-likeness (QED) is 0.559. The van der Waals surface area contributed by atoms with Gasteiger partial charge in [0.05, 0.1) is 26.4 Å². The average Bonchev–Trinajstić information content (AvgIpc) is 2.53. The van der Waals surface area contributed by atoms with E-state index in [1.165, 1.54) is 12.3 Å². The number of aromatic nitrogens is 2. The maximum atomic E-state index is 10.2. The van der Waals surface area contributed by atoms with E-state index in [9.17, 15) is 4.79 Å². The van der Waals surface area contributed by atoms with Crippen molar-refractivity contribution in [3.63, 3.8) is 0 Å². The number of hydrogen-bond acceptors (Lipinski definition) is 6. The summed E-state index contributed by atoms with van der Waals surface area (Å²) in [5.74, 6) is 0. The Morgan fingerprint density at radius 1 is 0.947 bits per heavy atom. The van der Waals surface area contributed by atoms with Crippen LogP contribution in [0.4, 0.5) is 0 Å². The summed E-state index contributed by atoms with van der Waals surface area (Å²) in [6.07, 6.45) is 1.52. The Morgan fingerprint density at radius 2 is 1.47 bits per heavy atom. The summed E-state index contributed by atoms with van der Waals surface area (Å²) in [7, 11) is 0. The van der Waals surface area contributed by atoms with E-state index in [0.717, 1.165) is 52.6 Å². The van der Waals surface area contributed by atoms with Crippen LogP contribution in [-0.2, 0) is 9.47 Å². The summed E-state index contributed by atoms with van der Waals surface area (Å²) >= 11 is 0. The molecule has 108 valence electrons. The molecule has 1 aromatic heterocycles. The summed E-state index contributed by atoms with van der Waals surface area (Å²) in [6, 6.07) is 2.99. The van der Waals surface area contributed by atoms with E-state index in [1.54, 1.807) is 6.07 Å². The van der Waals surface area contributed by atoms with E-state index in [1.807, 2.05) is 0 Å². The molecule has 0 radical (unpaired) electrons. The molecular formula is C12H22N4O3. The predicted molar refractivity (Wildman–Crippen MR) is 72.2 cm³/mol. The van der Waals surface area contributed by atoms with Crippen LogP contribution in [0.5, 0.6) is 0 Å². The van der Waals surface area contributed by atoms with Gasteiger partial charge in [-0.3, -0.25) is 4.79 Å². The highest BCUT2D eigenvalue weighted by Gasteiger charge is 1.93. The number of ether oxygens (including phenoxy) is 2. The highest BCUT2D eigenvalue weighted by atomic mass is 16.5. The molecule has 0 amide bonds. The van der Waals surface area contributed by atoms with Gasteiger partial charge in [-0.05, 0) is 6.07 Å². The topological polar surface area (TPSA) is 88.3 Å². The number of nitrogens with zero attached hydrogens (tertiary/aromatic N) is 1. The van der Waals surface area contributed by atoms with Crippen molar-refractivity contribution in [2.45, 2.75) is 0 Å². The molecule has 0 spiro atoms. The van der Waals surface area contributed by atoms with Crippen molar-refractivity contribution < 1.29 is 9.47 Å². The Hall–Kier alpha value is -1.28. The highest BCUT2D eigenvalue weighted by Crippen LogP contribution is 1.77. The maximum Gasteiger partial charge on any atom is 0.264 e. The normalized spacial score (nSPS) is 18.3. The molecule has 2 fully saturated rings. The zero-order chi connectivity index (χ0) is 13.6. The van der Waals surface area contributed by atoms with Gasteiger partial charge < -0.3 is 20.1 Å². The summed E-state index contributed by atoms with van der Waals surface area (Å²) < 4.78 is 10.0. The fourth-order valence-corrected chi connectivity index (χ4v) is 1.34. The first-order valence-corrected chi connectivity index (χ1v) is 6.46. The van der Waals surface area contributed by atoms with E-state index in [0.29, 0.717) is 0 Å². The van der Waals surface area contributed by atoms with Crippen molar-refractivity contribution in [2.24, 2.45) is 0 Å². The number of morpholine rings is 2. The molecule has 7 heteroatoms. The summed E-state index contributed by atoms with van der Waals surface area (Å²) in [6.45, 7) is 7.67. The molecule has 3 heterocycles. The van der Waals surface area contributed by atoms with E-state index in [-0.39, 0.29) is 5.56 Å². The number of H-pyrrole nitrogens is 1. The smallest absolute Gasteiger partial charge is 0.264 e. The summed E-state index contributed by atoms with van der Waals surface area (Å²) in [4.78, 5) is 10.2. The van der Waals surface area contributed by atoms with Crippen LogP contribution in [0.25, 0.3) is 0 Å². The van der Waals surface area contributed by atoms with E-state index in [4.69, 9.17) is 9.47 Å². The molecule has 2 saturated heterocycles. The summed E-state index contributed by atoms with van der Waals surface area (Å²) in [5, 5.41) is 12.0. The van der Waals surface area contributed by atoms with Gasteiger partial charge in [0.15, 0.2) is 0 Å². The Bertz CT molecular complexity index is 298. The van der Waals surface area contributed by atoms with Crippen LogP contribution >= 0.6 is 0 Å². The molecule has 3 rings (SSSR count). The minimum absolute atomic E-state index is 0.164. The molecule has 0 unspecified atom stereocenters. The molecule has 3 N–H and O–H groups in total. The van der Waals surface area contributed by atoms with Crippen LogP contribution in [0.3, 0.4) is 0 Å². The highest BCUT2D eigenvalue weighted by molar-refractivity contribution is 4.81. The fourth-order valence-electron chi connectivity index (χ4n) is 1.34. The number of aromatic amines is 1. The monoisotopic (exact) mass is 270 g/mol. The van der Waals surface area contributed by atoms with Crippen LogP contribution < -0.4 is 16.2 Å². The van der Waals surface area contributed by atoms with Crippen LogP contribution in [0.2, 0.25) is 0 Å². The standard InChI is InChI=1S/C4H4N2O.2C4H9NO/c7-4-2-1-3-5-6-4;2*1-3-6-4-2-5-1/h1-3H,(H,6,7);2*5H,1-4H2. The van der Waals surface area contributed by atoms with E-state index >= 15 is 0 Å². The molecule has 0 bridgehead atoms. The number of hydrogen-bond donors (Lipinski definition) is 3. The third-order valence-corrected chi connectivity index (χ3v) is 2.28. The van der Waals surface area contributed by atoms with Crippen molar-refractivity contribution in [3.05, 3.63) is 28.7 Å². The van der Waals surface area contributed by atoms with Gasteiger partial charge in [0.2, 0.25) is 0 Å². The van der Waals surface area contributed by atoms with Crippen molar-refractivity contribution >= 4 is 0 Å². The Labute approximate surface area is 112 Å². The van der Waals surface area contributed by atoms with Gasteiger partial charge in [0.25, 0.3) is 5.56 Å². The van der Waals surface area contributed by atoms with E-state index in [2.05, 4.69) is 20.8 Å². The van der Waals surface area contributed by atoms with Gasteiger partial charge in [-0.15, -0.1) is 0 Å². The third-order valence-electron chi connectivity index (χ3n) is 2.28. The molecular weight excluding hydrogens is 248 g/mol. The first-order chi connectivity index (χ1) is 9.39. The van der Waals surface area contributed by atoms with Crippen molar-refractivity contribution in [2.75, 3.05) is 52.6 Å². The first kappa shape index (κ1) is 15.8. The van der Waals surface area contributed by atoms with Gasteiger partial charge in [-0.1, -0.05) is 0 Å². The molecule has 19 heavy (non-hydrogen) atoms. The Morgan fingerprint density at radius 3 is 1.63 bits per heavy atom. The minimum atomic E-state index is -0.164. The second-order valence-electron chi connectivity index (χ2n) is 3.84. The van der Waals surface area contributed by atoms with Crippen molar-refractivity contribution in [1.82, 2.24) is 20.8 Å². The molecule has 0 atom stereocenters. The van der Waals surface area contributed by atoms with Crippen LogP contribution in [-0.4, -0.2) is 62.8 Å². The van der Waals surface area contributed by atoms with Gasteiger partial charge in [0, 0.05) is 38.4 Å². The molecule has 0 aromatic carbocycles. The molecule has 1 aromatic rings. The molecule has 7 nitrogen and oxygen atoms in total. The zero-order valence-electron chi connectivity index (χ0n) is 11.1. The van der Waals surface area contributed by atoms with Crippen LogP contribution in [0.15, 0.2) is 23.1 Å². The van der Waals surface area contributed by atoms with Crippen LogP contribution in [0.1, 0.15) is 0 Å². The van der Waals surface area contributed by atoms with Gasteiger partial charge in [0.1, 0.15) is 0 Å².